The molecule has 138 valence electrons. The molecule has 1 aliphatic heterocycles. The Labute approximate surface area is 151 Å². The topological polar surface area (TPSA) is 102 Å². The van der Waals surface area contributed by atoms with Crippen molar-refractivity contribution in [3.63, 3.8) is 0 Å². The number of nitrogens with one attached hydrogen (secondary N) is 1. The van der Waals surface area contributed by atoms with Crippen LogP contribution in [0.3, 0.4) is 0 Å². The monoisotopic (exact) mass is 359 g/mol. The summed E-state index contributed by atoms with van der Waals surface area (Å²) >= 11 is 0. The Bertz CT molecular complexity index is 804. The molecule has 0 radical (unpaired) electrons. The van der Waals surface area contributed by atoms with E-state index in [0.717, 1.165) is 0 Å². The van der Waals surface area contributed by atoms with E-state index in [-0.39, 0.29) is 23.7 Å². The summed E-state index contributed by atoms with van der Waals surface area (Å²) in [4.78, 5) is 37.0. The van der Waals surface area contributed by atoms with Gasteiger partial charge in [-0.15, -0.1) is 0 Å². The Kier molecular flexibility index (Phi) is 4.82. The van der Waals surface area contributed by atoms with Crippen LogP contribution in [0.2, 0.25) is 0 Å². The summed E-state index contributed by atoms with van der Waals surface area (Å²) in [7, 11) is 1.50. The SMILES string of the molecule is COc1ccc2c(c1)C(O)=C(C(=O)NCC(C)=O)C(=O)C21CCOCC1. The van der Waals surface area contributed by atoms with Crippen LogP contribution >= 0.6 is 0 Å². The van der Waals surface area contributed by atoms with Gasteiger partial charge in [-0.25, -0.2) is 0 Å². The molecule has 7 nitrogen and oxygen atoms in total. The molecule has 1 heterocycles. The molecule has 1 aromatic carbocycles. The second-order valence-electron chi connectivity index (χ2n) is 6.54. The van der Waals surface area contributed by atoms with Gasteiger partial charge in [0.25, 0.3) is 5.91 Å². The van der Waals surface area contributed by atoms with E-state index in [9.17, 15) is 19.5 Å². The quantitative estimate of drug-likeness (QED) is 0.786. The van der Waals surface area contributed by atoms with Gasteiger partial charge in [0.2, 0.25) is 0 Å². The number of rotatable bonds is 4. The summed E-state index contributed by atoms with van der Waals surface area (Å²) in [6, 6.07) is 5.11. The molecule has 1 fully saturated rings. The number of aliphatic hydroxyl groups is 1. The third-order valence-corrected chi connectivity index (χ3v) is 4.97. The maximum Gasteiger partial charge on any atom is 0.259 e. The highest BCUT2D eigenvalue weighted by atomic mass is 16.5. The predicted molar refractivity (Wildman–Crippen MR) is 93.0 cm³/mol. The minimum absolute atomic E-state index is 0.204. The molecule has 7 heteroatoms. The zero-order chi connectivity index (χ0) is 18.9. The van der Waals surface area contributed by atoms with Gasteiger partial charge in [0.1, 0.15) is 22.9 Å². The largest absolute Gasteiger partial charge is 0.506 e. The Hall–Kier alpha value is -2.67. The van der Waals surface area contributed by atoms with E-state index in [0.29, 0.717) is 42.9 Å². The smallest absolute Gasteiger partial charge is 0.259 e. The Balaban J connectivity index is 2.15. The molecule has 1 amide bonds. The van der Waals surface area contributed by atoms with Gasteiger partial charge in [-0.05, 0) is 37.5 Å². The van der Waals surface area contributed by atoms with Crippen LogP contribution in [0, 0.1) is 0 Å². The Morgan fingerprint density at radius 1 is 1.31 bits per heavy atom. The maximum atomic E-state index is 13.3. The van der Waals surface area contributed by atoms with E-state index < -0.39 is 17.1 Å². The van der Waals surface area contributed by atoms with Crippen LogP contribution in [0.1, 0.15) is 30.9 Å². The maximum absolute atomic E-state index is 13.3. The molecular weight excluding hydrogens is 338 g/mol. The van der Waals surface area contributed by atoms with Crippen molar-refractivity contribution in [2.24, 2.45) is 0 Å². The summed E-state index contributed by atoms with van der Waals surface area (Å²) in [5, 5.41) is 13.1. The summed E-state index contributed by atoms with van der Waals surface area (Å²) in [6.45, 7) is 1.90. The lowest BCUT2D eigenvalue weighted by Gasteiger charge is -2.40. The summed E-state index contributed by atoms with van der Waals surface area (Å²) < 4.78 is 10.6. The number of ether oxygens (including phenoxy) is 2. The van der Waals surface area contributed by atoms with E-state index >= 15 is 0 Å². The fourth-order valence-corrected chi connectivity index (χ4v) is 3.59. The van der Waals surface area contributed by atoms with Crippen LogP contribution in [0.4, 0.5) is 0 Å². The van der Waals surface area contributed by atoms with Crippen LogP contribution in [0.5, 0.6) is 5.75 Å². The molecule has 0 bridgehead atoms. The van der Waals surface area contributed by atoms with E-state index in [2.05, 4.69) is 5.32 Å². The molecule has 3 rings (SSSR count). The van der Waals surface area contributed by atoms with Crippen molar-refractivity contribution in [3.8, 4) is 5.75 Å². The average Bonchev–Trinajstić information content (AvgIpc) is 2.65. The number of carbonyl (C=O) groups is 3. The van der Waals surface area contributed by atoms with Gasteiger partial charge in [0.15, 0.2) is 5.78 Å². The van der Waals surface area contributed by atoms with E-state index in [1.165, 1.54) is 14.0 Å². The summed E-state index contributed by atoms with van der Waals surface area (Å²) in [6.07, 6.45) is 0.837. The molecule has 1 saturated heterocycles. The fraction of sp³-hybridized carbons (Fsp3) is 0.421. The zero-order valence-electron chi connectivity index (χ0n) is 14.8. The average molecular weight is 359 g/mol. The number of aliphatic hydroxyl groups excluding tert-OH is 1. The van der Waals surface area contributed by atoms with Gasteiger partial charge < -0.3 is 19.9 Å². The molecule has 0 unspecified atom stereocenters. The Morgan fingerprint density at radius 2 is 2.00 bits per heavy atom. The first-order valence-corrected chi connectivity index (χ1v) is 8.43. The first kappa shape index (κ1) is 18.1. The Morgan fingerprint density at radius 3 is 2.62 bits per heavy atom. The van der Waals surface area contributed by atoms with Crippen molar-refractivity contribution < 1.29 is 29.0 Å². The first-order chi connectivity index (χ1) is 12.4. The number of fused-ring (bicyclic) bond motifs is 2. The molecule has 2 N–H and O–H groups in total. The zero-order valence-corrected chi connectivity index (χ0v) is 14.8. The highest BCUT2D eigenvalue weighted by molar-refractivity contribution is 6.28. The van der Waals surface area contributed by atoms with Crippen molar-refractivity contribution in [2.75, 3.05) is 26.9 Å². The van der Waals surface area contributed by atoms with E-state index in [4.69, 9.17) is 9.47 Å². The van der Waals surface area contributed by atoms with Crippen LogP contribution < -0.4 is 10.1 Å². The van der Waals surface area contributed by atoms with Crippen molar-refractivity contribution in [1.82, 2.24) is 5.32 Å². The van der Waals surface area contributed by atoms with Gasteiger partial charge in [0, 0.05) is 18.8 Å². The van der Waals surface area contributed by atoms with Crippen LogP contribution in [-0.4, -0.2) is 49.4 Å². The van der Waals surface area contributed by atoms with Gasteiger partial charge in [-0.2, -0.15) is 0 Å². The van der Waals surface area contributed by atoms with Gasteiger partial charge in [0.05, 0.1) is 19.1 Å². The second kappa shape index (κ2) is 6.92. The van der Waals surface area contributed by atoms with Crippen molar-refractivity contribution >= 4 is 23.2 Å². The molecule has 1 spiro atoms. The van der Waals surface area contributed by atoms with E-state index in [1.807, 2.05) is 0 Å². The molecule has 0 saturated carbocycles. The number of ketones is 2. The van der Waals surface area contributed by atoms with Crippen LogP contribution in [-0.2, 0) is 24.5 Å². The number of hydrogen-bond acceptors (Lipinski definition) is 6. The fourth-order valence-electron chi connectivity index (χ4n) is 3.59. The molecule has 2 aliphatic rings. The normalized spacial score (nSPS) is 18.5. The van der Waals surface area contributed by atoms with Crippen LogP contribution in [0.25, 0.3) is 5.76 Å². The van der Waals surface area contributed by atoms with Gasteiger partial charge in [-0.3, -0.25) is 14.4 Å². The molecule has 0 aromatic heterocycles. The standard InChI is InChI=1S/C19H21NO6/c1-11(21)10-20-18(24)15-16(22)13-9-12(25-2)3-4-14(13)19(17(15)23)5-7-26-8-6-19/h3-4,9,22H,5-8,10H2,1-2H3,(H,20,24). The minimum atomic E-state index is -0.922. The molecule has 26 heavy (non-hydrogen) atoms. The molecule has 1 aliphatic carbocycles. The number of benzene rings is 1. The summed E-state index contributed by atoms with van der Waals surface area (Å²) in [5.41, 5.74) is -0.158. The third-order valence-electron chi connectivity index (χ3n) is 4.97. The number of Topliss-reactive ketones (excluding diaryl/α,β-unsaturated/α-hetero) is 2. The van der Waals surface area contributed by atoms with E-state index in [1.54, 1.807) is 18.2 Å². The third kappa shape index (κ3) is 2.88. The summed E-state index contributed by atoms with van der Waals surface area (Å²) in [5.74, 6) is -1.30. The van der Waals surface area contributed by atoms with Gasteiger partial charge >= 0.3 is 0 Å². The van der Waals surface area contributed by atoms with Crippen molar-refractivity contribution in [1.29, 1.82) is 0 Å². The predicted octanol–water partition coefficient (Wildman–Crippen LogP) is 1.30. The minimum Gasteiger partial charge on any atom is -0.506 e. The van der Waals surface area contributed by atoms with Gasteiger partial charge in [-0.1, -0.05) is 6.07 Å². The number of amides is 1. The van der Waals surface area contributed by atoms with Crippen molar-refractivity contribution in [3.05, 3.63) is 34.9 Å². The molecule has 0 atom stereocenters. The highest BCUT2D eigenvalue weighted by Crippen LogP contribution is 2.46. The second-order valence-corrected chi connectivity index (χ2v) is 6.54. The highest BCUT2D eigenvalue weighted by Gasteiger charge is 2.50. The lowest BCUT2D eigenvalue weighted by molar-refractivity contribution is -0.129. The number of methoxy groups -OCH3 is 1. The molecule has 1 aromatic rings. The number of carbonyl (C=O) groups excluding carboxylic acids is 3. The lowest BCUT2D eigenvalue weighted by Crippen LogP contribution is -2.48. The van der Waals surface area contributed by atoms with Crippen molar-refractivity contribution in [2.45, 2.75) is 25.2 Å². The first-order valence-electron chi connectivity index (χ1n) is 8.43. The molecular formula is C19H21NO6. The lowest BCUT2D eigenvalue weighted by atomic mass is 9.64. The van der Waals surface area contributed by atoms with Crippen LogP contribution in [0.15, 0.2) is 23.8 Å². The number of hydrogen-bond donors (Lipinski definition) is 2.